The van der Waals surface area contributed by atoms with Crippen LogP contribution in [0.4, 0.5) is 0 Å². The first-order chi connectivity index (χ1) is 11.6. The zero-order valence-corrected chi connectivity index (χ0v) is 13.9. The zero-order chi connectivity index (χ0) is 16.7. The van der Waals surface area contributed by atoms with Crippen molar-refractivity contribution in [1.29, 1.82) is 0 Å². The highest BCUT2D eigenvalue weighted by molar-refractivity contribution is 5.92. The lowest BCUT2D eigenvalue weighted by Gasteiger charge is -2.35. The van der Waals surface area contributed by atoms with Crippen LogP contribution in [0.3, 0.4) is 0 Å². The molecule has 0 aromatic carbocycles. The predicted octanol–water partition coefficient (Wildman–Crippen LogP) is 2.14. The van der Waals surface area contributed by atoms with Gasteiger partial charge in [0.25, 0.3) is 5.91 Å². The predicted molar refractivity (Wildman–Crippen MR) is 88.6 cm³/mol. The van der Waals surface area contributed by atoms with Gasteiger partial charge in [-0.2, -0.15) is 10.2 Å². The first-order valence-corrected chi connectivity index (χ1v) is 8.25. The van der Waals surface area contributed by atoms with Crippen molar-refractivity contribution in [2.45, 2.75) is 32.2 Å². The number of carbonyl (C=O) groups is 1. The number of hydrogen-bond acceptors (Lipinski definition) is 4. The quantitative estimate of drug-likeness (QED) is 0.724. The highest BCUT2D eigenvalue weighted by Crippen LogP contribution is 2.31. The van der Waals surface area contributed by atoms with Gasteiger partial charge in [-0.1, -0.05) is 0 Å². The van der Waals surface area contributed by atoms with Crippen molar-refractivity contribution in [2.24, 2.45) is 7.05 Å². The van der Waals surface area contributed by atoms with Gasteiger partial charge in [0.05, 0.1) is 17.9 Å². The summed E-state index contributed by atoms with van der Waals surface area (Å²) in [6.07, 6.45) is 6.46. The third-order valence-corrected chi connectivity index (χ3v) is 4.70. The van der Waals surface area contributed by atoms with E-state index in [1.165, 1.54) is 0 Å². The maximum atomic E-state index is 13.0. The van der Waals surface area contributed by atoms with E-state index >= 15 is 0 Å². The molecule has 1 saturated heterocycles. The van der Waals surface area contributed by atoms with Crippen molar-refractivity contribution in [1.82, 2.24) is 29.3 Å². The Morgan fingerprint density at radius 1 is 1.21 bits per heavy atom. The highest BCUT2D eigenvalue weighted by atomic mass is 16.2. The number of amides is 1. The summed E-state index contributed by atoms with van der Waals surface area (Å²) >= 11 is 0. The van der Waals surface area contributed by atoms with Gasteiger partial charge in [0.1, 0.15) is 5.69 Å². The van der Waals surface area contributed by atoms with Crippen molar-refractivity contribution >= 4 is 11.6 Å². The number of fused-ring (bicyclic) bond motifs is 1. The van der Waals surface area contributed by atoms with Crippen LogP contribution in [0.2, 0.25) is 0 Å². The molecule has 1 unspecified atom stereocenters. The molecule has 7 nitrogen and oxygen atoms in total. The Morgan fingerprint density at radius 3 is 2.83 bits per heavy atom. The van der Waals surface area contributed by atoms with E-state index in [0.29, 0.717) is 5.69 Å². The van der Waals surface area contributed by atoms with Crippen LogP contribution in [0.25, 0.3) is 5.65 Å². The Morgan fingerprint density at radius 2 is 2.04 bits per heavy atom. The highest BCUT2D eigenvalue weighted by Gasteiger charge is 2.31. The van der Waals surface area contributed by atoms with E-state index in [0.717, 1.165) is 42.8 Å². The van der Waals surface area contributed by atoms with Gasteiger partial charge in [0.2, 0.25) is 0 Å². The molecule has 1 aliphatic rings. The molecule has 1 atom stereocenters. The molecule has 3 aromatic rings. The van der Waals surface area contributed by atoms with Crippen LogP contribution in [-0.4, -0.2) is 41.7 Å². The lowest BCUT2D eigenvalue weighted by atomic mass is 9.98. The monoisotopic (exact) mass is 324 g/mol. The molecule has 4 heterocycles. The Hall–Kier alpha value is -2.70. The van der Waals surface area contributed by atoms with Crippen molar-refractivity contribution in [3.8, 4) is 0 Å². The first kappa shape index (κ1) is 14.9. The fourth-order valence-corrected chi connectivity index (χ4v) is 3.48. The van der Waals surface area contributed by atoms with E-state index in [1.807, 2.05) is 28.5 Å². The van der Waals surface area contributed by atoms with Gasteiger partial charge in [-0.15, -0.1) is 0 Å². The van der Waals surface area contributed by atoms with Crippen LogP contribution >= 0.6 is 0 Å². The van der Waals surface area contributed by atoms with Crippen LogP contribution in [-0.2, 0) is 7.05 Å². The Balaban J connectivity index is 1.73. The van der Waals surface area contributed by atoms with Crippen molar-refractivity contribution in [2.75, 3.05) is 6.54 Å². The molecule has 0 radical (unpaired) electrons. The molecule has 24 heavy (non-hydrogen) atoms. The van der Waals surface area contributed by atoms with Crippen molar-refractivity contribution in [3.63, 3.8) is 0 Å². The van der Waals surface area contributed by atoms with Crippen LogP contribution in [0, 0.1) is 6.92 Å². The number of hydrogen-bond donors (Lipinski definition) is 0. The molecule has 7 heteroatoms. The van der Waals surface area contributed by atoms with E-state index in [2.05, 4.69) is 10.2 Å². The fourth-order valence-electron chi connectivity index (χ4n) is 3.48. The van der Waals surface area contributed by atoms with Crippen LogP contribution < -0.4 is 0 Å². The topological polar surface area (TPSA) is 68.3 Å². The third-order valence-electron chi connectivity index (χ3n) is 4.70. The molecular weight excluding hydrogens is 304 g/mol. The first-order valence-electron chi connectivity index (χ1n) is 8.25. The summed E-state index contributed by atoms with van der Waals surface area (Å²) in [5.41, 5.74) is 3.40. The van der Waals surface area contributed by atoms with Gasteiger partial charge in [-0.05, 0) is 38.3 Å². The lowest BCUT2D eigenvalue weighted by molar-refractivity contribution is 0.0594. The molecule has 3 aromatic heterocycles. The Kier molecular flexibility index (Phi) is 3.55. The smallest absolute Gasteiger partial charge is 0.272 e. The van der Waals surface area contributed by atoms with Gasteiger partial charge in [0, 0.05) is 31.5 Å². The maximum Gasteiger partial charge on any atom is 0.272 e. The minimum Gasteiger partial charge on any atom is -0.329 e. The number of nitrogens with zero attached hydrogens (tertiary/aromatic N) is 6. The van der Waals surface area contributed by atoms with Crippen molar-refractivity contribution < 1.29 is 4.79 Å². The van der Waals surface area contributed by atoms with Crippen LogP contribution in [0.1, 0.15) is 47.2 Å². The average Bonchev–Trinajstić information content (AvgIpc) is 3.23. The molecule has 0 saturated carbocycles. The number of rotatable bonds is 2. The molecular formula is C17H20N6O. The molecule has 0 aliphatic carbocycles. The van der Waals surface area contributed by atoms with Crippen LogP contribution in [0.5, 0.6) is 0 Å². The van der Waals surface area contributed by atoms with Crippen LogP contribution in [0.15, 0.2) is 30.6 Å². The van der Waals surface area contributed by atoms with Gasteiger partial charge in [-0.3, -0.25) is 9.48 Å². The van der Waals surface area contributed by atoms with E-state index in [-0.39, 0.29) is 11.9 Å². The average molecular weight is 324 g/mol. The summed E-state index contributed by atoms with van der Waals surface area (Å²) < 4.78 is 3.45. The maximum absolute atomic E-state index is 13.0. The summed E-state index contributed by atoms with van der Waals surface area (Å²) in [6, 6.07) is 5.71. The van der Waals surface area contributed by atoms with Gasteiger partial charge >= 0.3 is 0 Å². The second kappa shape index (κ2) is 5.74. The summed E-state index contributed by atoms with van der Waals surface area (Å²) in [5, 5.41) is 8.39. The Bertz CT molecular complexity index is 896. The SMILES string of the molecule is Cc1cc(C2CCCCN2C(=O)c2ccnn2C)nc2ccnn12. The standard InChI is InChI=1S/C17H20N6O/c1-12-11-13(20-16-7-9-19-23(12)16)14-5-3-4-10-22(14)17(24)15-6-8-18-21(15)2/h6-9,11,14H,3-5,10H2,1-2H3. The number of carbonyl (C=O) groups excluding carboxylic acids is 1. The molecule has 0 bridgehead atoms. The molecule has 1 amide bonds. The summed E-state index contributed by atoms with van der Waals surface area (Å²) in [4.78, 5) is 19.7. The van der Waals surface area contributed by atoms with Crippen molar-refractivity contribution in [3.05, 3.63) is 47.7 Å². The summed E-state index contributed by atoms with van der Waals surface area (Å²) in [6.45, 7) is 2.77. The third kappa shape index (κ3) is 2.36. The van der Waals surface area contributed by atoms with E-state index in [4.69, 9.17) is 4.98 Å². The molecule has 124 valence electrons. The summed E-state index contributed by atoms with van der Waals surface area (Å²) in [5.74, 6) is 0.0209. The number of aryl methyl sites for hydroxylation is 2. The molecule has 1 fully saturated rings. The normalized spacial score (nSPS) is 18.2. The van der Waals surface area contributed by atoms with Gasteiger partial charge in [-0.25, -0.2) is 9.50 Å². The van der Waals surface area contributed by atoms with Gasteiger partial charge in [0.15, 0.2) is 5.65 Å². The van der Waals surface area contributed by atoms with Gasteiger partial charge < -0.3 is 4.90 Å². The minimum atomic E-state index is -0.000231. The molecule has 4 rings (SSSR count). The lowest BCUT2D eigenvalue weighted by Crippen LogP contribution is -2.39. The van der Waals surface area contributed by atoms with E-state index in [9.17, 15) is 4.79 Å². The second-order valence-electron chi connectivity index (χ2n) is 6.27. The zero-order valence-electron chi connectivity index (χ0n) is 13.9. The largest absolute Gasteiger partial charge is 0.329 e. The number of aromatic nitrogens is 5. The van der Waals surface area contributed by atoms with E-state index < -0.39 is 0 Å². The second-order valence-corrected chi connectivity index (χ2v) is 6.27. The summed E-state index contributed by atoms with van der Waals surface area (Å²) in [7, 11) is 1.80. The van der Waals surface area contributed by atoms with E-state index in [1.54, 1.807) is 30.2 Å². The minimum absolute atomic E-state index is 0.000231. The fraction of sp³-hybridized carbons (Fsp3) is 0.412. The molecule has 0 N–H and O–H groups in total. The number of piperidine rings is 1. The molecule has 1 aliphatic heterocycles. The Labute approximate surface area is 139 Å². The number of likely N-dealkylation sites (tertiary alicyclic amines) is 1. The molecule has 0 spiro atoms.